The van der Waals surface area contributed by atoms with E-state index in [0.717, 1.165) is 6.42 Å². The van der Waals surface area contributed by atoms with E-state index in [0.29, 0.717) is 24.4 Å². The number of carbonyl (C=O) groups excluding carboxylic acids is 1. The minimum absolute atomic E-state index is 0.125. The van der Waals surface area contributed by atoms with Crippen LogP contribution in [0.15, 0.2) is 30.3 Å². The van der Waals surface area contributed by atoms with Gasteiger partial charge in [-0.1, -0.05) is 63.9 Å². The fourth-order valence-electron chi connectivity index (χ4n) is 3.39. The Labute approximate surface area is 134 Å². The quantitative estimate of drug-likeness (QED) is 0.842. The van der Waals surface area contributed by atoms with Crippen LogP contribution in [0.3, 0.4) is 0 Å². The van der Waals surface area contributed by atoms with Gasteiger partial charge in [-0.05, 0) is 30.2 Å². The Hall–Kier alpha value is -1.35. The molecule has 3 nitrogen and oxygen atoms in total. The summed E-state index contributed by atoms with van der Waals surface area (Å²) in [6.45, 7) is 7.01. The highest BCUT2D eigenvalue weighted by molar-refractivity contribution is 5.78. The highest BCUT2D eigenvalue weighted by Crippen LogP contribution is 2.24. The number of rotatable bonds is 6. The van der Waals surface area contributed by atoms with Crippen LogP contribution in [-0.4, -0.2) is 18.5 Å². The molecule has 1 amide bonds. The highest BCUT2D eigenvalue weighted by Gasteiger charge is 2.23. The largest absolute Gasteiger partial charge is 0.352 e. The first-order chi connectivity index (χ1) is 10.6. The van der Waals surface area contributed by atoms with Crippen LogP contribution in [0, 0.1) is 11.8 Å². The SMILES string of the molecule is CC(C)[C@@H](NCC(=O)N[C@H]1CCCC[C@@H]1C)c1ccccc1. The van der Waals surface area contributed by atoms with Crippen molar-refractivity contribution < 1.29 is 4.79 Å². The number of carbonyl (C=O) groups is 1. The highest BCUT2D eigenvalue weighted by atomic mass is 16.2. The minimum Gasteiger partial charge on any atom is -0.352 e. The molecule has 122 valence electrons. The molecule has 0 spiro atoms. The summed E-state index contributed by atoms with van der Waals surface area (Å²) in [5.74, 6) is 1.18. The molecule has 0 unspecified atom stereocenters. The summed E-state index contributed by atoms with van der Waals surface area (Å²) in [5, 5.41) is 6.64. The fraction of sp³-hybridized carbons (Fsp3) is 0.632. The number of amides is 1. The maximum atomic E-state index is 12.2. The van der Waals surface area contributed by atoms with E-state index in [4.69, 9.17) is 0 Å². The van der Waals surface area contributed by atoms with Crippen LogP contribution in [-0.2, 0) is 4.79 Å². The van der Waals surface area contributed by atoms with E-state index in [1.165, 1.54) is 24.8 Å². The summed E-state index contributed by atoms with van der Waals surface area (Å²) in [5.41, 5.74) is 1.25. The van der Waals surface area contributed by atoms with Gasteiger partial charge in [-0.3, -0.25) is 4.79 Å². The zero-order valence-corrected chi connectivity index (χ0v) is 14.1. The normalized spacial score (nSPS) is 23.3. The predicted octanol–water partition coefficient (Wildman–Crippen LogP) is 3.67. The number of benzene rings is 1. The maximum Gasteiger partial charge on any atom is 0.234 e. The summed E-state index contributed by atoms with van der Waals surface area (Å²) in [6, 6.07) is 11.0. The summed E-state index contributed by atoms with van der Waals surface area (Å²) in [6.07, 6.45) is 4.90. The van der Waals surface area contributed by atoms with Gasteiger partial charge in [-0.25, -0.2) is 0 Å². The molecule has 0 saturated heterocycles. The molecule has 1 saturated carbocycles. The van der Waals surface area contributed by atoms with Gasteiger partial charge in [0.25, 0.3) is 0 Å². The van der Waals surface area contributed by atoms with E-state index in [1.54, 1.807) is 0 Å². The molecule has 1 aliphatic rings. The molecular weight excluding hydrogens is 272 g/mol. The van der Waals surface area contributed by atoms with Gasteiger partial charge in [0.2, 0.25) is 5.91 Å². The van der Waals surface area contributed by atoms with Crippen molar-refractivity contribution in [2.45, 2.75) is 58.5 Å². The Morgan fingerprint density at radius 3 is 2.50 bits per heavy atom. The third-order valence-electron chi connectivity index (χ3n) is 4.77. The molecule has 22 heavy (non-hydrogen) atoms. The van der Waals surface area contributed by atoms with E-state index in [9.17, 15) is 4.79 Å². The average molecular weight is 302 g/mol. The number of hydrogen-bond donors (Lipinski definition) is 2. The minimum atomic E-state index is 0.125. The fourth-order valence-corrected chi connectivity index (χ4v) is 3.39. The first kappa shape index (κ1) is 17.0. The molecule has 0 radical (unpaired) electrons. The van der Waals surface area contributed by atoms with E-state index < -0.39 is 0 Å². The molecule has 1 aliphatic carbocycles. The van der Waals surface area contributed by atoms with E-state index >= 15 is 0 Å². The van der Waals surface area contributed by atoms with Crippen molar-refractivity contribution >= 4 is 5.91 Å². The summed E-state index contributed by atoms with van der Waals surface area (Å²) < 4.78 is 0. The molecular formula is C19H30N2O. The lowest BCUT2D eigenvalue weighted by Crippen LogP contribution is -2.45. The zero-order chi connectivity index (χ0) is 15.9. The van der Waals surface area contributed by atoms with Gasteiger partial charge in [-0.15, -0.1) is 0 Å². The van der Waals surface area contributed by atoms with Gasteiger partial charge < -0.3 is 10.6 Å². The lowest BCUT2D eigenvalue weighted by molar-refractivity contribution is -0.121. The molecule has 0 aliphatic heterocycles. The van der Waals surface area contributed by atoms with E-state index in [1.807, 2.05) is 6.07 Å². The molecule has 0 aromatic heterocycles. The van der Waals surface area contributed by atoms with Crippen LogP contribution in [0.5, 0.6) is 0 Å². The average Bonchev–Trinajstić information content (AvgIpc) is 2.50. The van der Waals surface area contributed by atoms with Gasteiger partial charge in [0.1, 0.15) is 0 Å². The molecule has 0 heterocycles. The third kappa shape index (κ3) is 4.84. The standard InChI is InChI=1S/C19H30N2O/c1-14(2)19(16-10-5-4-6-11-16)20-13-18(22)21-17-12-8-7-9-15(17)3/h4-6,10-11,14-15,17,19-20H,7-9,12-13H2,1-3H3,(H,21,22)/t15-,17-,19+/m0/s1. The van der Waals surface area contributed by atoms with Crippen molar-refractivity contribution in [1.29, 1.82) is 0 Å². The van der Waals surface area contributed by atoms with Crippen LogP contribution in [0.25, 0.3) is 0 Å². The van der Waals surface area contributed by atoms with Crippen molar-refractivity contribution in [2.24, 2.45) is 11.8 Å². The lowest BCUT2D eigenvalue weighted by Gasteiger charge is -2.30. The van der Waals surface area contributed by atoms with Crippen molar-refractivity contribution in [3.8, 4) is 0 Å². The number of nitrogens with one attached hydrogen (secondary N) is 2. The Kier molecular flexibility index (Phi) is 6.44. The van der Waals surface area contributed by atoms with Gasteiger partial charge in [-0.2, -0.15) is 0 Å². The van der Waals surface area contributed by atoms with Crippen molar-refractivity contribution in [3.05, 3.63) is 35.9 Å². The molecule has 3 atom stereocenters. The van der Waals surface area contributed by atoms with Crippen LogP contribution < -0.4 is 10.6 Å². The van der Waals surface area contributed by atoms with Crippen LogP contribution in [0.4, 0.5) is 0 Å². The monoisotopic (exact) mass is 302 g/mol. The zero-order valence-electron chi connectivity index (χ0n) is 14.1. The second-order valence-corrected chi connectivity index (χ2v) is 6.95. The molecule has 2 N–H and O–H groups in total. The predicted molar refractivity (Wildman–Crippen MR) is 91.6 cm³/mol. The molecule has 1 fully saturated rings. The van der Waals surface area contributed by atoms with Gasteiger partial charge in [0.15, 0.2) is 0 Å². The van der Waals surface area contributed by atoms with Gasteiger partial charge in [0, 0.05) is 12.1 Å². The summed E-state index contributed by atoms with van der Waals surface area (Å²) >= 11 is 0. The van der Waals surface area contributed by atoms with Gasteiger partial charge >= 0.3 is 0 Å². The Balaban J connectivity index is 1.85. The second-order valence-electron chi connectivity index (χ2n) is 6.95. The Bertz CT molecular complexity index is 458. The topological polar surface area (TPSA) is 41.1 Å². The second kappa shape index (κ2) is 8.33. The third-order valence-corrected chi connectivity index (χ3v) is 4.77. The molecule has 1 aromatic carbocycles. The molecule has 2 rings (SSSR count). The van der Waals surface area contributed by atoms with Crippen LogP contribution in [0.2, 0.25) is 0 Å². The van der Waals surface area contributed by atoms with Crippen molar-refractivity contribution in [1.82, 2.24) is 10.6 Å². The maximum absolute atomic E-state index is 12.2. The molecule has 3 heteroatoms. The van der Waals surface area contributed by atoms with E-state index in [2.05, 4.69) is 55.7 Å². The number of hydrogen-bond acceptors (Lipinski definition) is 2. The van der Waals surface area contributed by atoms with Crippen molar-refractivity contribution in [3.63, 3.8) is 0 Å². The Morgan fingerprint density at radius 1 is 1.18 bits per heavy atom. The Morgan fingerprint density at radius 2 is 1.86 bits per heavy atom. The molecule has 1 aromatic rings. The smallest absolute Gasteiger partial charge is 0.234 e. The van der Waals surface area contributed by atoms with Crippen LogP contribution >= 0.6 is 0 Å². The van der Waals surface area contributed by atoms with E-state index in [-0.39, 0.29) is 11.9 Å². The van der Waals surface area contributed by atoms with Gasteiger partial charge in [0.05, 0.1) is 6.54 Å². The molecule has 0 bridgehead atoms. The summed E-state index contributed by atoms with van der Waals surface area (Å²) in [4.78, 5) is 12.2. The van der Waals surface area contributed by atoms with Crippen molar-refractivity contribution in [2.75, 3.05) is 6.54 Å². The first-order valence-electron chi connectivity index (χ1n) is 8.65. The lowest BCUT2D eigenvalue weighted by atomic mass is 9.86. The summed E-state index contributed by atoms with van der Waals surface area (Å²) in [7, 11) is 0. The van der Waals surface area contributed by atoms with Crippen LogP contribution in [0.1, 0.15) is 58.1 Å². The first-order valence-corrected chi connectivity index (χ1v) is 8.65.